The fourth-order valence-electron chi connectivity index (χ4n) is 1.16. The van der Waals surface area contributed by atoms with Gasteiger partial charge in [0, 0.05) is 6.26 Å². The van der Waals surface area contributed by atoms with Crippen LogP contribution in [0.4, 0.5) is 4.39 Å². The summed E-state index contributed by atoms with van der Waals surface area (Å²) in [6, 6.07) is 5.68. The molecule has 0 aromatic heterocycles. The van der Waals surface area contributed by atoms with E-state index >= 15 is 0 Å². The van der Waals surface area contributed by atoms with E-state index in [4.69, 9.17) is 5.26 Å². The summed E-state index contributed by atoms with van der Waals surface area (Å²) in [7, 11) is -3.54. The van der Waals surface area contributed by atoms with Crippen molar-refractivity contribution in [2.75, 3.05) is 6.26 Å². The minimum atomic E-state index is -3.54. The van der Waals surface area contributed by atoms with Crippen molar-refractivity contribution in [2.45, 2.75) is 17.7 Å². The average Bonchev–Trinajstić information content (AvgIpc) is 2.14. The van der Waals surface area contributed by atoms with Crippen LogP contribution < -0.4 is 0 Å². The maximum absolute atomic E-state index is 13.4. The third-order valence-electron chi connectivity index (χ3n) is 2.05. The molecule has 80 valence electrons. The van der Waals surface area contributed by atoms with Crippen LogP contribution in [0.3, 0.4) is 0 Å². The smallest absolute Gasteiger partial charge is 0.178 e. The highest BCUT2D eigenvalue weighted by molar-refractivity contribution is 7.90. The minimum absolute atomic E-state index is 0.337. The van der Waals surface area contributed by atoms with Crippen LogP contribution in [0.5, 0.6) is 0 Å². The molecule has 0 aliphatic rings. The zero-order valence-electron chi connectivity index (χ0n) is 8.36. The van der Waals surface area contributed by atoms with E-state index in [0.29, 0.717) is 5.56 Å². The molecule has 0 amide bonds. The molecule has 0 aliphatic carbocycles. The lowest BCUT2D eigenvalue weighted by Crippen LogP contribution is -2.02. The van der Waals surface area contributed by atoms with Crippen LogP contribution in [0.2, 0.25) is 0 Å². The lowest BCUT2D eigenvalue weighted by molar-refractivity contribution is 0.569. The van der Waals surface area contributed by atoms with Gasteiger partial charge in [0.25, 0.3) is 0 Å². The lowest BCUT2D eigenvalue weighted by Gasteiger charge is -2.05. The number of halogens is 1. The van der Waals surface area contributed by atoms with Crippen molar-refractivity contribution in [3.63, 3.8) is 0 Å². The topological polar surface area (TPSA) is 57.9 Å². The van der Waals surface area contributed by atoms with Crippen molar-refractivity contribution in [3.05, 3.63) is 29.6 Å². The van der Waals surface area contributed by atoms with Gasteiger partial charge in [0.1, 0.15) is 10.7 Å². The Hall–Kier alpha value is -1.41. The largest absolute Gasteiger partial charge is 0.224 e. The van der Waals surface area contributed by atoms with Crippen LogP contribution in [0, 0.1) is 17.1 Å². The fraction of sp³-hybridized carbons (Fsp3) is 0.300. The summed E-state index contributed by atoms with van der Waals surface area (Å²) in [5, 5.41) is 8.62. The number of rotatable bonds is 2. The van der Waals surface area contributed by atoms with E-state index in [1.165, 1.54) is 12.1 Å². The summed E-state index contributed by atoms with van der Waals surface area (Å²) in [4.78, 5) is -0.337. The molecule has 3 nitrogen and oxygen atoms in total. The van der Waals surface area contributed by atoms with Crippen LogP contribution in [0.25, 0.3) is 0 Å². The fourth-order valence-corrected chi connectivity index (χ4v) is 1.89. The Morgan fingerprint density at radius 1 is 1.47 bits per heavy atom. The minimum Gasteiger partial charge on any atom is -0.224 e. The van der Waals surface area contributed by atoms with Crippen LogP contribution in [0.15, 0.2) is 23.1 Å². The number of nitriles is 1. The molecular formula is C10H10FNO2S. The Bertz CT molecular complexity index is 517. The molecule has 0 fully saturated rings. The van der Waals surface area contributed by atoms with Gasteiger partial charge >= 0.3 is 0 Å². The van der Waals surface area contributed by atoms with Gasteiger partial charge in [0.15, 0.2) is 9.84 Å². The second-order valence-electron chi connectivity index (χ2n) is 3.31. The van der Waals surface area contributed by atoms with Crippen molar-refractivity contribution < 1.29 is 12.8 Å². The second-order valence-corrected chi connectivity index (χ2v) is 5.30. The van der Waals surface area contributed by atoms with Gasteiger partial charge in [-0.3, -0.25) is 0 Å². The molecule has 1 aromatic rings. The SMILES string of the molecule is CC(C#N)c1ccc(S(C)(=O)=O)c(F)c1. The monoisotopic (exact) mass is 227 g/mol. The third kappa shape index (κ3) is 2.54. The summed E-state index contributed by atoms with van der Waals surface area (Å²) in [6.07, 6.45) is 0.943. The highest BCUT2D eigenvalue weighted by atomic mass is 32.2. The van der Waals surface area contributed by atoms with E-state index in [1.807, 2.05) is 6.07 Å². The summed E-state index contributed by atoms with van der Waals surface area (Å²) >= 11 is 0. The van der Waals surface area contributed by atoms with Crippen molar-refractivity contribution in [1.82, 2.24) is 0 Å². The Labute approximate surface area is 88.1 Å². The predicted molar refractivity (Wildman–Crippen MR) is 53.5 cm³/mol. The first-order valence-electron chi connectivity index (χ1n) is 4.25. The first kappa shape index (κ1) is 11.7. The molecule has 1 aromatic carbocycles. The van der Waals surface area contributed by atoms with Gasteiger partial charge in [-0.05, 0) is 24.6 Å². The maximum Gasteiger partial charge on any atom is 0.178 e. The van der Waals surface area contributed by atoms with E-state index in [1.54, 1.807) is 6.92 Å². The Morgan fingerprint density at radius 2 is 2.07 bits per heavy atom. The van der Waals surface area contributed by atoms with Crippen LogP contribution in [0.1, 0.15) is 18.4 Å². The molecule has 15 heavy (non-hydrogen) atoms. The predicted octanol–water partition coefficient (Wildman–Crippen LogP) is 1.86. The van der Waals surface area contributed by atoms with E-state index in [-0.39, 0.29) is 4.90 Å². The normalized spacial score (nSPS) is 13.2. The summed E-state index contributed by atoms with van der Waals surface area (Å²) in [5.41, 5.74) is 0.474. The number of hydrogen-bond acceptors (Lipinski definition) is 3. The van der Waals surface area contributed by atoms with Crippen LogP contribution in [-0.2, 0) is 9.84 Å². The van der Waals surface area contributed by atoms with Crippen molar-refractivity contribution in [2.24, 2.45) is 0 Å². The van der Waals surface area contributed by atoms with Gasteiger partial charge in [-0.1, -0.05) is 6.07 Å². The molecule has 0 radical (unpaired) electrons. The summed E-state index contributed by atoms with van der Waals surface area (Å²) in [6.45, 7) is 1.62. The number of nitrogens with zero attached hydrogens (tertiary/aromatic N) is 1. The van der Waals surface area contributed by atoms with Gasteiger partial charge in [-0.15, -0.1) is 0 Å². The van der Waals surface area contributed by atoms with E-state index < -0.39 is 21.6 Å². The third-order valence-corrected chi connectivity index (χ3v) is 3.18. The maximum atomic E-state index is 13.4. The highest BCUT2D eigenvalue weighted by Crippen LogP contribution is 2.20. The van der Waals surface area contributed by atoms with E-state index in [2.05, 4.69) is 0 Å². The number of benzene rings is 1. The molecule has 0 bridgehead atoms. The van der Waals surface area contributed by atoms with Gasteiger partial charge in [-0.25, -0.2) is 12.8 Å². The zero-order valence-corrected chi connectivity index (χ0v) is 9.18. The summed E-state index contributed by atoms with van der Waals surface area (Å²) < 4.78 is 35.6. The highest BCUT2D eigenvalue weighted by Gasteiger charge is 2.15. The van der Waals surface area contributed by atoms with Crippen molar-refractivity contribution in [1.29, 1.82) is 5.26 Å². The van der Waals surface area contributed by atoms with Gasteiger partial charge in [-0.2, -0.15) is 5.26 Å². The molecule has 1 rings (SSSR count). The van der Waals surface area contributed by atoms with Crippen LogP contribution in [-0.4, -0.2) is 14.7 Å². The van der Waals surface area contributed by atoms with Gasteiger partial charge in [0.2, 0.25) is 0 Å². The first-order valence-corrected chi connectivity index (χ1v) is 6.14. The molecule has 0 saturated carbocycles. The second kappa shape index (κ2) is 3.99. The standard InChI is InChI=1S/C10H10FNO2S/c1-7(6-12)8-3-4-10(9(11)5-8)15(2,13)14/h3-5,7H,1-2H3. The van der Waals surface area contributed by atoms with Gasteiger partial charge in [0.05, 0.1) is 12.0 Å². The quantitative estimate of drug-likeness (QED) is 0.774. The number of sulfone groups is 1. The van der Waals surface area contributed by atoms with Crippen molar-refractivity contribution >= 4 is 9.84 Å². The first-order chi connectivity index (χ1) is 6.86. The zero-order chi connectivity index (χ0) is 11.6. The molecule has 0 spiro atoms. The molecular weight excluding hydrogens is 217 g/mol. The molecule has 0 aliphatic heterocycles. The summed E-state index contributed by atoms with van der Waals surface area (Å²) in [5.74, 6) is -1.26. The molecule has 5 heteroatoms. The van der Waals surface area contributed by atoms with Gasteiger partial charge < -0.3 is 0 Å². The Kier molecular flexibility index (Phi) is 3.10. The van der Waals surface area contributed by atoms with E-state index in [9.17, 15) is 12.8 Å². The lowest BCUT2D eigenvalue weighted by atomic mass is 10.0. The Morgan fingerprint density at radius 3 is 2.47 bits per heavy atom. The number of hydrogen-bond donors (Lipinski definition) is 0. The van der Waals surface area contributed by atoms with Crippen LogP contribution >= 0.6 is 0 Å². The average molecular weight is 227 g/mol. The van der Waals surface area contributed by atoms with Crippen molar-refractivity contribution in [3.8, 4) is 6.07 Å². The molecule has 1 unspecified atom stereocenters. The molecule has 0 heterocycles. The molecule has 0 saturated heterocycles. The Balaban J connectivity index is 3.28. The molecule has 0 N–H and O–H groups in total. The van der Waals surface area contributed by atoms with E-state index in [0.717, 1.165) is 12.3 Å². The molecule has 1 atom stereocenters.